The van der Waals surface area contributed by atoms with Crippen LogP contribution in [0.5, 0.6) is 0 Å². The molecule has 0 unspecified atom stereocenters. The largest absolute Gasteiger partial charge is 0.384 e. The number of morpholine rings is 1. The average Bonchev–Trinajstić information content (AvgIpc) is 3.68. The Balaban J connectivity index is 1.11. The Hall–Kier alpha value is -3.30. The third kappa shape index (κ3) is 5.81. The summed E-state index contributed by atoms with van der Waals surface area (Å²) in [5.41, 5.74) is 4.59. The van der Waals surface area contributed by atoms with Crippen molar-refractivity contribution >= 4 is 38.3 Å². The van der Waals surface area contributed by atoms with Gasteiger partial charge in [-0.3, -0.25) is 4.90 Å². The number of likely N-dealkylation sites (tertiary alicyclic amines) is 1. The topological polar surface area (TPSA) is 66.5 Å². The van der Waals surface area contributed by atoms with Crippen LogP contribution in [0.25, 0.3) is 32.5 Å². The first-order valence-corrected chi connectivity index (χ1v) is 15.9. The SMILES string of the molecule is COC[C](Cc1ccccc1)C1CCN(Cc2cc3nc(-c4cccc5[nH]ccc45)nc(N4CCOCC4)c3s2)CC1. The molecule has 217 valence electrons. The zero-order chi connectivity index (χ0) is 28.3. The van der Waals surface area contributed by atoms with Crippen LogP contribution in [-0.2, 0) is 22.4 Å². The molecule has 0 amide bonds. The molecule has 42 heavy (non-hydrogen) atoms. The number of fused-ring (bicyclic) bond motifs is 2. The summed E-state index contributed by atoms with van der Waals surface area (Å²) in [6.45, 7) is 7.07. The van der Waals surface area contributed by atoms with E-state index in [4.69, 9.17) is 19.4 Å². The van der Waals surface area contributed by atoms with Gasteiger partial charge in [-0.15, -0.1) is 11.3 Å². The molecule has 5 heterocycles. The predicted octanol–water partition coefficient (Wildman–Crippen LogP) is 6.35. The lowest BCUT2D eigenvalue weighted by Crippen LogP contribution is -2.36. The van der Waals surface area contributed by atoms with Gasteiger partial charge in [0.25, 0.3) is 0 Å². The monoisotopic (exact) mass is 580 g/mol. The Labute approximate surface area is 251 Å². The van der Waals surface area contributed by atoms with E-state index in [2.05, 4.69) is 75.4 Å². The average molecular weight is 581 g/mol. The highest BCUT2D eigenvalue weighted by atomic mass is 32.1. The number of methoxy groups -OCH3 is 1. The first kappa shape index (κ1) is 27.5. The summed E-state index contributed by atoms with van der Waals surface area (Å²) in [6, 6.07) is 21.5. The molecule has 7 rings (SSSR count). The lowest BCUT2D eigenvalue weighted by atomic mass is 9.81. The number of aromatic amines is 1. The van der Waals surface area contributed by atoms with Crippen LogP contribution in [0.4, 0.5) is 5.82 Å². The van der Waals surface area contributed by atoms with Crippen molar-refractivity contribution in [1.29, 1.82) is 0 Å². The number of hydrogen-bond donors (Lipinski definition) is 1. The molecule has 5 aromatic rings. The Bertz CT molecular complexity index is 1620. The van der Waals surface area contributed by atoms with Gasteiger partial charge in [0, 0.05) is 60.2 Å². The van der Waals surface area contributed by atoms with Crippen molar-refractivity contribution in [2.45, 2.75) is 25.8 Å². The van der Waals surface area contributed by atoms with E-state index >= 15 is 0 Å². The first-order chi connectivity index (χ1) is 20.7. The van der Waals surface area contributed by atoms with Gasteiger partial charge in [-0.25, -0.2) is 9.97 Å². The molecule has 2 aliphatic rings. The Kier molecular flexibility index (Phi) is 8.20. The molecule has 2 aromatic carbocycles. The molecular formula is C34H38N5O2S. The number of nitrogens with zero attached hydrogens (tertiary/aromatic N) is 4. The highest BCUT2D eigenvalue weighted by molar-refractivity contribution is 7.19. The third-order valence-electron chi connectivity index (χ3n) is 8.70. The van der Waals surface area contributed by atoms with Gasteiger partial charge < -0.3 is 19.4 Å². The van der Waals surface area contributed by atoms with Gasteiger partial charge in [0.15, 0.2) is 11.6 Å². The van der Waals surface area contributed by atoms with Crippen molar-refractivity contribution in [2.75, 3.05) is 58.0 Å². The number of hydrogen-bond acceptors (Lipinski definition) is 7. The van der Waals surface area contributed by atoms with E-state index in [1.54, 1.807) is 0 Å². The second-order valence-corrected chi connectivity index (χ2v) is 12.6. The molecule has 0 aliphatic carbocycles. The van der Waals surface area contributed by atoms with Gasteiger partial charge in [-0.1, -0.05) is 42.5 Å². The summed E-state index contributed by atoms with van der Waals surface area (Å²) < 4.78 is 12.5. The molecule has 3 aromatic heterocycles. The third-order valence-corrected chi connectivity index (χ3v) is 9.80. The number of nitrogens with one attached hydrogen (secondary N) is 1. The van der Waals surface area contributed by atoms with E-state index in [9.17, 15) is 0 Å². The normalized spacial score (nSPS) is 17.1. The fourth-order valence-corrected chi connectivity index (χ4v) is 7.66. The van der Waals surface area contributed by atoms with Gasteiger partial charge in [-0.2, -0.15) is 0 Å². The standard InChI is InChI=1S/C34H38N5O2S/c1-40-23-26(20-24-6-3-2-4-7-24)25-11-14-38(15-12-25)22-27-21-31-32(42-27)34(39-16-18-41-19-17-39)37-33(36-31)29-8-5-9-30-28(29)10-13-35-30/h2-10,13,21,25,35H,11-12,14-20,22-23H2,1H3. The predicted molar refractivity (Wildman–Crippen MR) is 171 cm³/mol. The van der Waals surface area contributed by atoms with E-state index in [1.165, 1.54) is 33.9 Å². The molecular weight excluding hydrogens is 542 g/mol. The van der Waals surface area contributed by atoms with Crippen molar-refractivity contribution in [3.05, 3.63) is 83.2 Å². The second kappa shape index (κ2) is 12.5. The van der Waals surface area contributed by atoms with E-state index in [0.717, 1.165) is 92.6 Å². The molecule has 2 fully saturated rings. The fourth-order valence-electron chi connectivity index (χ4n) is 6.51. The molecule has 0 saturated carbocycles. The number of H-pyrrole nitrogens is 1. The number of anilines is 1. The van der Waals surface area contributed by atoms with Gasteiger partial charge >= 0.3 is 0 Å². The smallest absolute Gasteiger partial charge is 0.162 e. The number of aromatic nitrogens is 3. The summed E-state index contributed by atoms with van der Waals surface area (Å²) in [5, 5.41) is 1.15. The summed E-state index contributed by atoms with van der Waals surface area (Å²) in [7, 11) is 1.82. The van der Waals surface area contributed by atoms with Crippen LogP contribution in [0.15, 0.2) is 66.9 Å². The van der Waals surface area contributed by atoms with Crippen LogP contribution < -0.4 is 4.90 Å². The van der Waals surface area contributed by atoms with E-state index in [1.807, 2.05) is 24.6 Å². The molecule has 1 radical (unpaired) electrons. The molecule has 8 heteroatoms. The number of rotatable bonds is 9. The summed E-state index contributed by atoms with van der Waals surface area (Å²) in [4.78, 5) is 20.0. The molecule has 0 atom stereocenters. The number of piperidine rings is 1. The Morgan fingerprint density at radius 1 is 1.00 bits per heavy atom. The van der Waals surface area contributed by atoms with Gasteiger partial charge in [-0.05, 0) is 62.0 Å². The van der Waals surface area contributed by atoms with Crippen molar-refractivity contribution in [3.8, 4) is 11.4 Å². The van der Waals surface area contributed by atoms with Crippen LogP contribution in [0.3, 0.4) is 0 Å². The van der Waals surface area contributed by atoms with Crippen LogP contribution in [0.2, 0.25) is 0 Å². The van der Waals surface area contributed by atoms with Gasteiger partial charge in [0.2, 0.25) is 0 Å². The van der Waals surface area contributed by atoms with E-state index in [0.29, 0.717) is 5.92 Å². The number of ether oxygens (including phenoxy) is 2. The molecule has 2 aliphatic heterocycles. The highest BCUT2D eigenvalue weighted by Gasteiger charge is 2.28. The van der Waals surface area contributed by atoms with Crippen LogP contribution in [0, 0.1) is 11.8 Å². The number of thiophene rings is 1. The fraction of sp³-hybridized carbons (Fsp3) is 0.382. The van der Waals surface area contributed by atoms with Crippen molar-refractivity contribution in [3.63, 3.8) is 0 Å². The van der Waals surface area contributed by atoms with Gasteiger partial charge in [0.05, 0.1) is 30.0 Å². The Morgan fingerprint density at radius 2 is 1.83 bits per heavy atom. The van der Waals surface area contributed by atoms with Crippen molar-refractivity contribution in [2.24, 2.45) is 5.92 Å². The highest BCUT2D eigenvalue weighted by Crippen LogP contribution is 2.37. The lowest BCUT2D eigenvalue weighted by Gasteiger charge is -2.35. The molecule has 1 N–H and O–H groups in total. The minimum atomic E-state index is 0.612. The lowest BCUT2D eigenvalue weighted by molar-refractivity contribution is 0.122. The molecule has 0 bridgehead atoms. The maximum absolute atomic E-state index is 5.67. The number of benzene rings is 2. The van der Waals surface area contributed by atoms with Gasteiger partial charge in [0.1, 0.15) is 0 Å². The van der Waals surface area contributed by atoms with E-state index in [-0.39, 0.29) is 0 Å². The zero-order valence-corrected chi connectivity index (χ0v) is 25.0. The maximum Gasteiger partial charge on any atom is 0.162 e. The second-order valence-electron chi connectivity index (χ2n) is 11.4. The molecule has 0 spiro atoms. The molecule has 2 saturated heterocycles. The quantitative estimate of drug-likeness (QED) is 0.219. The minimum Gasteiger partial charge on any atom is -0.384 e. The first-order valence-electron chi connectivity index (χ1n) is 15.0. The summed E-state index contributed by atoms with van der Waals surface area (Å²) in [6.07, 6.45) is 5.36. The Morgan fingerprint density at radius 3 is 2.64 bits per heavy atom. The summed E-state index contributed by atoms with van der Waals surface area (Å²) >= 11 is 1.86. The zero-order valence-electron chi connectivity index (χ0n) is 24.2. The molecule has 7 nitrogen and oxygen atoms in total. The summed E-state index contributed by atoms with van der Waals surface area (Å²) in [5.74, 6) is 3.97. The van der Waals surface area contributed by atoms with Crippen LogP contribution in [-0.4, -0.2) is 73.0 Å². The van der Waals surface area contributed by atoms with E-state index < -0.39 is 0 Å². The van der Waals surface area contributed by atoms with Crippen LogP contribution >= 0.6 is 11.3 Å². The van der Waals surface area contributed by atoms with Crippen molar-refractivity contribution in [1.82, 2.24) is 19.9 Å². The maximum atomic E-state index is 5.67. The minimum absolute atomic E-state index is 0.612. The van der Waals surface area contributed by atoms with Crippen LogP contribution in [0.1, 0.15) is 23.3 Å². The van der Waals surface area contributed by atoms with Crippen molar-refractivity contribution < 1.29 is 9.47 Å².